The van der Waals surface area contributed by atoms with Crippen molar-refractivity contribution < 1.29 is 9.90 Å². The molecule has 0 saturated heterocycles. The number of rotatable bonds is 6. The van der Waals surface area contributed by atoms with Gasteiger partial charge in [0.2, 0.25) is 0 Å². The molecule has 0 fully saturated rings. The first kappa shape index (κ1) is 15.1. The van der Waals surface area contributed by atoms with E-state index in [0.717, 1.165) is 28.2 Å². The van der Waals surface area contributed by atoms with Crippen molar-refractivity contribution in [1.29, 1.82) is 0 Å². The van der Waals surface area contributed by atoms with Gasteiger partial charge in [0.05, 0.1) is 17.6 Å². The summed E-state index contributed by atoms with van der Waals surface area (Å²) in [4.78, 5) is 14.4. The summed E-state index contributed by atoms with van der Waals surface area (Å²) in [5.41, 5.74) is 0.779. The molecule has 0 aliphatic heterocycles. The largest absolute Gasteiger partial charge is 0.481 e. The Hall–Kier alpha value is -2.31. The number of carboxylic acids is 1. The molecule has 0 unspecified atom stereocenters. The van der Waals surface area contributed by atoms with E-state index in [1.807, 2.05) is 42.5 Å². The van der Waals surface area contributed by atoms with Crippen molar-refractivity contribution in [2.24, 2.45) is 10.8 Å². The summed E-state index contributed by atoms with van der Waals surface area (Å²) in [6.07, 6.45) is 1.45. The lowest BCUT2D eigenvalue weighted by Gasteiger charge is -2.22. The number of carbonyl (C=O) groups is 1. The van der Waals surface area contributed by atoms with Gasteiger partial charge in [0, 0.05) is 5.39 Å². The first-order valence-corrected chi connectivity index (χ1v) is 7.15. The number of benzene rings is 2. The number of fused-ring (bicyclic) bond motifs is 1. The number of nitrogens with two attached hydrogens (primary N) is 1. The highest BCUT2D eigenvalue weighted by Crippen LogP contribution is 2.30. The van der Waals surface area contributed by atoms with Crippen LogP contribution in [-0.2, 0) is 4.79 Å². The summed E-state index contributed by atoms with van der Waals surface area (Å²) in [5, 5.41) is 12.8. The van der Waals surface area contributed by atoms with E-state index in [9.17, 15) is 4.79 Å². The quantitative estimate of drug-likeness (QED) is 0.487. The van der Waals surface area contributed by atoms with Crippen LogP contribution in [0.5, 0.6) is 0 Å². The number of aliphatic carboxylic acids is 1. The molecule has 6 heteroatoms. The molecule has 0 atom stereocenters. The molecule has 0 heterocycles. The minimum Gasteiger partial charge on any atom is -0.481 e. The first-order chi connectivity index (χ1) is 10.1. The molecule has 0 aliphatic carbocycles. The van der Waals surface area contributed by atoms with Gasteiger partial charge in [-0.2, -0.15) is 0 Å². The second-order valence-corrected chi connectivity index (χ2v) is 5.20. The first-order valence-electron chi connectivity index (χ1n) is 6.16. The maximum absolute atomic E-state index is 10.7. The molecule has 0 aromatic heterocycles. The summed E-state index contributed by atoms with van der Waals surface area (Å²) in [7, 11) is 0. The zero-order valence-corrected chi connectivity index (χ0v) is 12.1. The molecule has 0 bridgehead atoms. The Balaban J connectivity index is 2.39. The molecule has 0 amide bonds. The van der Waals surface area contributed by atoms with Gasteiger partial charge in [-0.25, -0.2) is 5.84 Å². The minimum absolute atomic E-state index is 0.0974. The average Bonchev–Trinajstić information content (AvgIpc) is 2.50. The summed E-state index contributed by atoms with van der Waals surface area (Å²) in [5.74, 6) is 5.13. The van der Waals surface area contributed by atoms with Crippen LogP contribution in [-0.4, -0.2) is 23.5 Å². The Morgan fingerprint density at radius 3 is 2.76 bits per heavy atom. The number of hydrogen-bond donors (Lipinski definition) is 2. The fourth-order valence-electron chi connectivity index (χ4n) is 1.92. The van der Waals surface area contributed by atoms with Crippen LogP contribution in [0.3, 0.4) is 0 Å². The highest BCUT2D eigenvalue weighted by atomic mass is 32.2. The SMILES string of the molecule is C=N/C=C(/SCC(=O)O)N(N)c1cccc2ccccc12. The molecule has 2 aromatic rings. The van der Waals surface area contributed by atoms with Crippen LogP contribution >= 0.6 is 11.8 Å². The zero-order valence-electron chi connectivity index (χ0n) is 11.3. The van der Waals surface area contributed by atoms with Crippen LogP contribution in [0.25, 0.3) is 10.8 Å². The van der Waals surface area contributed by atoms with E-state index in [1.165, 1.54) is 11.2 Å². The maximum atomic E-state index is 10.7. The Morgan fingerprint density at radius 1 is 1.33 bits per heavy atom. The average molecular weight is 301 g/mol. The van der Waals surface area contributed by atoms with Crippen LogP contribution in [0.1, 0.15) is 0 Å². The van der Waals surface area contributed by atoms with Gasteiger partial charge < -0.3 is 5.11 Å². The van der Waals surface area contributed by atoms with Crippen LogP contribution in [0, 0.1) is 0 Å². The Morgan fingerprint density at radius 2 is 2.05 bits per heavy atom. The Kier molecular flexibility index (Phi) is 4.97. The predicted molar refractivity (Wildman–Crippen MR) is 88.3 cm³/mol. The summed E-state index contributed by atoms with van der Waals surface area (Å²) < 4.78 is 0. The lowest BCUT2D eigenvalue weighted by atomic mass is 10.1. The molecular formula is C15H15N3O2S. The van der Waals surface area contributed by atoms with Crippen LogP contribution in [0.2, 0.25) is 0 Å². The summed E-state index contributed by atoms with van der Waals surface area (Å²) >= 11 is 1.09. The molecule has 108 valence electrons. The monoisotopic (exact) mass is 301 g/mol. The number of nitrogens with zero attached hydrogens (tertiary/aromatic N) is 2. The van der Waals surface area contributed by atoms with Crippen molar-refractivity contribution in [2.45, 2.75) is 0 Å². The second-order valence-electron chi connectivity index (χ2n) is 4.20. The predicted octanol–water partition coefficient (Wildman–Crippen LogP) is 2.84. The fourth-order valence-corrected chi connectivity index (χ4v) is 2.58. The van der Waals surface area contributed by atoms with Crippen molar-refractivity contribution in [1.82, 2.24) is 0 Å². The number of anilines is 1. The van der Waals surface area contributed by atoms with E-state index in [2.05, 4.69) is 11.7 Å². The molecule has 0 radical (unpaired) electrons. The van der Waals surface area contributed by atoms with E-state index in [4.69, 9.17) is 10.9 Å². The van der Waals surface area contributed by atoms with Gasteiger partial charge in [0.1, 0.15) is 5.03 Å². The second kappa shape index (κ2) is 6.92. The van der Waals surface area contributed by atoms with E-state index in [-0.39, 0.29) is 5.75 Å². The van der Waals surface area contributed by atoms with Gasteiger partial charge in [-0.05, 0) is 18.2 Å². The molecule has 0 saturated carbocycles. The maximum Gasteiger partial charge on any atom is 0.313 e. The third kappa shape index (κ3) is 3.62. The zero-order chi connectivity index (χ0) is 15.2. The van der Waals surface area contributed by atoms with Crippen molar-refractivity contribution in [3.05, 3.63) is 53.7 Å². The van der Waals surface area contributed by atoms with Crippen LogP contribution in [0.4, 0.5) is 5.69 Å². The van der Waals surface area contributed by atoms with Gasteiger partial charge >= 0.3 is 5.97 Å². The normalized spacial score (nSPS) is 11.4. The van der Waals surface area contributed by atoms with Gasteiger partial charge in [0.25, 0.3) is 0 Å². The number of hydrazine groups is 1. The third-order valence-corrected chi connectivity index (χ3v) is 3.80. The van der Waals surface area contributed by atoms with Crippen molar-refractivity contribution in [3.8, 4) is 0 Å². The third-order valence-electron chi connectivity index (χ3n) is 2.81. The van der Waals surface area contributed by atoms with Crippen molar-refractivity contribution in [2.75, 3.05) is 10.8 Å². The van der Waals surface area contributed by atoms with E-state index in [1.54, 1.807) is 0 Å². The number of carboxylic acid groups (broad SMARTS) is 1. The molecular weight excluding hydrogens is 286 g/mol. The van der Waals surface area contributed by atoms with Gasteiger partial charge in [-0.15, -0.1) is 0 Å². The number of hydrogen-bond acceptors (Lipinski definition) is 5. The molecule has 2 rings (SSSR count). The topological polar surface area (TPSA) is 78.9 Å². The van der Waals surface area contributed by atoms with Crippen LogP contribution < -0.4 is 10.9 Å². The molecule has 3 N–H and O–H groups in total. The van der Waals surface area contributed by atoms with Gasteiger partial charge in [-0.1, -0.05) is 48.2 Å². The Bertz CT molecular complexity index is 695. The summed E-state index contributed by atoms with van der Waals surface area (Å²) in [6, 6.07) is 13.6. The standard InChI is InChI=1S/C15H15N3O2S/c1-17-9-14(21-10-15(19)20)18(16)13-8-4-6-11-5-2-3-7-12(11)13/h2-9H,1,10,16H2,(H,19,20)/b14-9+. The molecule has 21 heavy (non-hydrogen) atoms. The van der Waals surface area contributed by atoms with E-state index >= 15 is 0 Å². The lowest BCUT2D eigenvalue weighted by molar-refractivity contribution is -0.133. The molecule has 0 spiro atoms. The molecule has 2 aromatic carbocycles. The van der Waals surface area contributed by atoms with Gasteiger partial charge in [-0.3, -0.25) is 14.8 Å². The van der Waals surface area contributed by atoms with E-state index in [0.29, 0.717) is 5.03 Å². The van der Waals surface area contributed by atoms with Crippen molar-refractivity contribution in [3.63, 3.8) is 0 Å². The minimum atomic E-state index is -0.915. The lowest BCUT2D eigenvalue weighted by Crippen LogP contribution is -2.29. The summed E-state index contributed by atoms with van der Waals surface area (Å²) in [6.45, 7) is 3.40. The van der Waals surface area contributed by atoms with Gasteiger partial charge in [0.15, 0.2) is 0 Å². The number of aliphatic imine (C=N–C) groups is 1. The Labute approximate surface area is 126 Å². The van der Waals surface area contributed by atoms with Crippen LogP contribution in [0.15, 0.2) is 58.7 Å². The fraction of sp³-hybridized carbons (Fsp3) is 0.0667. The number of thioether (sulfide) groups is 1. The smallest absolute Gasteiger partial charge is 0.313 e. The van der Waals surface area contributed by atoms with E-state index < -0.39 is 5.97 Å². The highest BCUT2D eigenvalue weighted by Gasteiger charge is 2.13. The molecule has 5 nitrogen and oxygen atoms in total. The highest BCUT2D eigenvalue weighted by molar-refractivity contribution is 8.03. The van der Waals surface area contributed by atoms with Crippen molar-refractivity contribution >= 4 is 40.9 Å². The molecule has 0 aliphatic rings.